The highest BCUT2D eigenvalue weighted by Gasteiger charge is 2.36. The number of ether oxygens (including phenoxy) is 2. The number of halogens is 3. The molecule has 88 valence electrons. The first-order valence-corrected chi connectivity index (χ1v) is 5.22. The van der Waals surface area contributed by atoms with Gasteiger partial charge in [-0.25, -0.2) is 4.79 Å². The first-order valence-electron chi connectivity index (χ1n) is 4.03. The quantitative estimate of drug-likeness (QED) is 0.569. The van der Waals surface area contributed by atoms with Crippen LogP contribution in [0.4, 0.5) is 0 Å². The number of hydrogen-bond donors (Lipinski definition) is 0. The molecule has 0 amide bonds. The smallest absolute Gasteiger partial charge is 0.342 e. The second-order valence-corrected chi connectivity index (χ2v) is 4.74. The van der Waals surface area contributed by atoms with Crippen LogP contribution in [0.15, 0.2) is 0 Å². The van der Waals surface area contributed by atoms with Gasteiger partial charge in [-0.3, -0.25) is 4.79 Å². The van der Waals surface area contributed by atoms with E-state index in [0.29, 0.717) is 0 Å². The van der Waals surface area contributed by atoms with Crippen molar-refractivity contribution >= 4 is 46.7 Å². The molecule has 0 aromatic carbocycles. The largest absolute Gasteiger partial charge is 0.468 e. The lowest BCUT2D eigenvalue weighted by Gasteiger charge is -2.17. The number of carbonyl (C=O) groups is 2. The average molecular weight is 278 g/mol. The third kappa shape index (κ3) is 4.91. The Bertz CT molecular complexity index is 242. The fourth-order valence-corrected chi connectivity index (χ4v) is 1.38. The van der Waals surface area contributed by atoms with Gasteiger partial charge in [0, 0.05) is 0 Å². The summed E-state index contributed by atoms with van der Waals surface area (Å²) in [6, 6.07) is 0. The van der Waals surface area contributed by atoms with E-state index in [4.69, 9.17) is 34.8 Å². The standard InChI is InChI=1S/C8H11Cl3O4/c1-14-6(12)5(9)3-4-8(10,11)7(13)15-2/h5H,3-4H2,1-2H3. The molecule has 0 heterocycles. The molecule has 0 fully saturated rings. The van der Waals surface area contributed by atoms with Gasteiger partial charge in [-0.05, 0) is 12.8 Å². The maximum absolute atomic E-state index is 11.0. The average Bonchev–Trinajstić information content (AvgIpc) is 2.23. The van der Waals surface area contributed by atoms with Gasteiger partial charge in [0.05, 0.1) is 14.2 Å². The summed E-state index contributed by atoms with van der Waals surface area (Å²) in [5.74, 6) is -1.37. The second-order valence-electron chi connectivity index (χ2n) is 2.73. The molecule has 1 atom stereocenters. The Labute approximate surface area is 103 Å². The summed E-state index contributed by atoms with van der Waals surface area (Å²) in [5.41, 5.74) is 0. The molecule has 0 aromatic heterocycles. The topological polar surface area (TPSA) is 52.6 Å². The van der Waals surface area contributed by atoms with Crippen molar-refractivity contribution in [2.24, 2.45) is 0 Å². The molecule has 0 aromatic rings. The molecule has 0 rings (SSSR count). The van der Waals surface area contributed by atoms with Crippen LogP contribution < -0.4 is 0 Å². The Morgan fingerprint density at radius 1 is 1.27 bits per heavy atom. The van der Waals surface area contributed by atoms with Gasteiger partial charge in [0.1, 0.15) is 5.38 Å². The highest BCUT2D eigenvalue weighted by atomic mass is 35.5. The molecule has 7 heteroatoms. The monoisotopic (exact) mass is 276 g/mol. The summed E-state index contributed by atoms with van der Waals surface area (Å²) in [6.07, 6.45) is 0.127. The van der Waals surface area contributed by atoms with E-state index in [1.807, 2.05) is 0 Å². The first-order chi connectivity index (χ1) is 6.85. The molecule has 1 unspecified atom stereocenters. The van der Waals surface area contributed by atoms with Crippen LogP contribution in [0.1, 0.15) is 12.8 Å². The van der Waals surface area contributed by atoms with Crippen molar-refractivity contribution in [3.63, 3.8) is 0 Å². The van der Waals surface area contributed by atoms with Gasteiger partial charge < -0.3 is 9.47 Å². The number of rotatable bonds is 5. The Morgan fingerprint density at radius 3 is 2.20 bits per heavy atom. The zero-order valence-corrected chi connectivity index (χ0v) is 10.5. The number of esters is 2. The molecule has 0 spiro atoms. The molecule has 0 saturated carbocycles. The normalized spacial score (nSPS) is 13.1. The molecule has 0 bridgehead atoms. The summed E-state index contributed by atoms with van der Waals surface area (Å²) < 4.78 is 7.08. The zero-order chi connectivity index (χ0) is 12.1. The van der Waals surface area contributed by atoms with Gasteiger partial charge in [-0.2, -0.15) is 0 Å². The van der Waals surface area contributed by atoms with Crippen molar-refractivity contribution in [2.75, 3.05) is 14.2 Å². The fourth-order valence-electron chi connectivity index (χ4n) is 0.805. The van der Waals surface area contributed by atoms with Crippen molar-refractivity contribution in [2.45, 2.75) is 22.6 Å². The zero-order valence-electron chi connectivity index (χ0n) is 8.26. The van der Waals surface area contributed by atoms with Crippen molar-refractivity contribution in [3.8, 4) is 0 Å². The number of carbonyl (C=O) groups excluding carboxylic acids is 2. The van der Waals surface area contributed by atoms with E-state index in [1.165, 1.54) is 14.2 Å². The summed E-state index contributed by atoms with van der Waals surface area (Å²) in [5, 5.41) is -0.878. The molecular formula is C8H11Cl3O4. The highest BCUT2D eigenvalue weighted by Crippen LogP contribution is 2.29. The summed E-state index contributed by atoms with van der Waals surface area (Å²) in [4.78, 5) is 22.0. The fraction of sp³-hybridized carbons (Fsp3) is 0.750. The predicted octanol–water partition coefficient (Wildman–Crippen LogP) is 1.89. The molecule has 15 heavy (non-hydrogen) atoms. The van der Waals surface area contributed by atoms with Crippen LogP contribution in [0.2, 0.25) is 0 Å². The maximum Gasteiger partial charge on any atom is 0.342 e. The van der Waals surface area contributed by atoms with Crippen LogP contribution >= 0.6 is 34.8 Å². The summed E-state index contributed by atoms with van der Waals surface area (Å²) >= 11 is 17.0. The SMILES string of the molecule is COC(=O)C(Cl)CCC(Cl)(Cl)C(=O)OC. The first kappa shape index (κ1) is 14.8. The second kappa shape index (κ2) is 6.40. The van der Waals surface area contributed by atoms with Crippen LogP contribution in [-0.2, 0) is 19.1 Å². The molecular weight excluding hydrogens is 266 g/mol. The third-order valence-electron chi connectivity index (χ3n) is 1.65. The van der Waals surface area contributed by atoms with Crippen LogP contribution in [0, 0.1) is 0 Å². The molecule has 0 radical (unpaired) electrons. The van der Waals surface area contributed by atoms with E-state index in [9.17, 15) is 9.59 Å². The molecule has 0 N–H and O–H groups in total. The van der Waals surface area contributed by atoms with Crippen molar-refractivity contribution in [1.29, 1.82) is 0 Å². The van der Waals surface area contributed by atoms with Gasteiger partial charge in [0.2, 0.25) is 4.33 Å². The van der Waals surface area contributed by atoms with Gasteiger partial charge in [-0.15, -0.1) is 11.6 Å². The van der Waals surface area contributed by atoms with Gasteiger partial charge in [-0.1, -0.05) is 23.2 Å². The van der Waals surface area contributed by atoms with Crippen LogP contribution in [-0.4, -0.2) is 35.9 Å². The molecule has 0 aliphatic carbocycles. The molecule has 4 nitrogen and oxygen atoms in total. The van der Waals surface area contributed by atoms with Crippen LogP contribution in [0.25, 0.3) is 0 Å². The van der Waals surface area contributed by atoms with Gasteiger partial charge >= 0.3 is 11.9 Å². The van der Waals surface area contributed by atoms with E-state index in [2.05, 4.69) is 9.47 Å². The number of methoxy groups -OCH3 is 2. The highest BCUT2D eigenvalue weighted by molar-refractivity contribution is 6.57. The van der Waals surface area contributed by atoms with Gasteiger partial charge in [0.15, 0.2) is 0 Å². The Balaban J connectivity index is 4.14. The molecule has 0 aliphatic heterocycles. The lowest BCUT2D eigenvalue weighted by Crippen LogP contribution is -2.29. The van der Waals surface area contributed by atoms with E-state index in [1.54, 1.807) is 0 Å². The van der Waals surface area contributed by atoms with E-state index in [0.717, 1.165) is 0 Å². The number of hydrogen-bond acceptors (Lipinski definition) is 4. The van der Waals surface area contributed by atoms with E-state index < -0.39 is 21.6 Å². The minimum Gasteiger partial charge on any atom is -0.468 e. The summed E-state index contributed by atoms with van der Waals surface area (Å²) in [6.45, 7) is 0. The lowest BCUT2D eigenvalue weighted by atomic mass is 10.2. The predicted molar refractivity (Wildman–Crippen MR) is 57.3 cm³/mol. The Hall–Kier alpha value is -0.190. The summed E-state index contributed by atoms with van der Waals surface area (Å²) in [7, 11) is 2.38. The minimum absolute atomic E-state index is 0.00600. The van der Waals surface area contributed by atoms with E-state index in [-0.39, 0.29) is 12.8 Å². The minimum atomic E-state index is -1.68. The molecule has 0 aliphatic rings. The third-order valence-corrected chi connectivity index (χ3v) is 2.74. The van der Waals surface area contributed by atoms with Crippen LogP contribution in [0.5, 0.6) is 0 Å². The lowest BCUT2D eigenvalue weighted by molar-refractivity contribution is -0.143. The molecule has 0 saturated heterocycles. The maximum atomic E-state index is 11.0. The van der Waals surface area contributed by atoms with Crippen LogP contribution in [0.3, 0.4) is 0 Å². The van der Waals surface area contributed by atoms with Crippen molar-refractivity contribution in [1.82, 2.24) is 0 Å². The van der Waals surface area contributed by atoms with Crippen molar-refractivity contribution in [3.05, 3.63) is 0 Å². The van der Waals surface area contributed by atoms with Crippen molar-refractivity contribution < 1.29 is 19.1 Å². The van der Waals surface area contributed by atoms with Gasteiger partial charge in [0.25, 0.3) is 0 Å². The number of alkyl halides is 3. The van der Waals surface area contributed by atoms with E-state index >= 15 is 0 Å². The Morgan fingerprint density at radius 2 is 1.80 bits per heavy atom. The Kier molecular flexibility index (Phi) is 6.32.